The molecule has 0 aliphatic carbocycles. The van der Waals surface area contributed by atoms with E-state index in [9.17, 15) is 4.79 Å². The molecule has 26 heavy (non-hydrogen) atoms. The van der Waals surface area contributed by atoms with Crippen LogP contribution in [0.2, 0.25) is 0 Å². The zero-order valence-electron chi connectivity index (χ0n) is 16.1. The van der Waals surface area contributed by atoms with Crippen molar-refractivity contribution in [3.8, 4) is 0 Å². The second-order valence-corrected chi connectivity index (χ2v) is 7.17. The van der Waals surface area contributed by atoms with Crippen molar-refractivity contribution in [1.29, 1.82) is 0 Å². The molecule has 0 N–H and O–H groups in total. The molecule has 2 heterocycles. The highest BCUT2D eigenvalue weighted by atomic mass is 16.2. The standard InChI is InChI=1S/C19H28N6O/c1-15-20-21-18(24(15)4)13-23(3)14-19(26)25-11-10-22(2)12-17(25)16-8-6-5-7-9-16/h5-9,17H,10-14H2,1-4H3. The number of rotatable bonds is 5. The minimum Gasteiger partial charge on any atom is -0.332 e. The monoisotopic (exact) mass is 356 g/mol. The van der Waals surface area contributed by atoms with Gasteiger partial charge in [-0.25, -0.2) is 0 Å². The topological polar surface area (TPSA) is 57.5 Å². The molecule has 3 rings (SSSR count). The van der Waals surface area contributed by atoms with E-state index in [0.29, 0.717) is 13.1 Å². The van der Waals surface area contributed by atoms with Crippen LogP contribution in [0.25, 0.3) is 0 Å². The predicted molar refractivity (Wildman–Crippen MR) is 100 cm³/mol. The first-order valence-electron chi connectivity index (χ1n) is 9.02. The smallest absolute Gasteiger partial charge is 0.237 e. The number of hydrogen-bond acceptors (Lipinski definition) is 5. The molecule has 1 aromatic carbocycles. The molecule has 1 atom stereocenters. The van der Waals surface area contributed by atoms with Gasteiger partial charge in [0.15, 0.2) is 0 Å². The van der Waals surface area contributed by atoms with Crippen LogP contribution in [-0.2, 0) is 18.4 Å². The molecule has 1 fully saturated rings. The minimum absolute atomic E-state index is 0.105. The molecule has 140 valence electrons. The van der Waals surface area contributed by atoms with E-state index in [4.69, 9.17) is 0 Å². The largest absolute Gasteiger partial charge is 0.332 e. The average molecular weight is 356 g/mol. The van der Waals surface area contributed by atoms with Gasteiger partial charge in [0, 0.05) is 26.7 Å². The molecule has 1 saturated heterocycles. The van der Waals surface area contributed by atoms with Gasteiger partial charge in [-0.2, -0.15) is 0 Å². The van der Waals surface area contributed by atoms with E-state index in [1.807, 2.05) is 53.6 Å². The molecule has 0 bridgehead atoms. The quantitative estimate of drug-likeness (QED) is 0.802. The minimum atomic E-state index is 0.105. The number of carbonyl (C=O) groups excluding carboxylic acids is 1. The van der Waals surface area contributed by atoms with Crippen molar-refractivity contribution in [1.82, 2.24) is 29.5 Å². The fourth-order valence-corrected chi connectivity index (χ4v) is 3.39. The molecule has 1 aromatic heterocycles. The van der Waals surface area contributed by atoms with Crippen LogP contribution in [-0.4, -0.2) is 75.6 Å². The van der Waals surface area contributed by atoms with Crippen LogP contribution < -0.4 is 0 Å². The molecule has 1 unspecified atom stereocenters. The van der Waals surface area contributed by atoms with Gasteiger partial charge in [0.05, 0.1) is 19.1 Å². The summed E-state index contributed by atoms with van der Waals surface area (Å²) >= 11 is 0. The highest BCUT2D eigenvalue weighted by Crippen LogP contribution is 2.25. The van der Waals surface area contributed by atoms with Gasteiger partial charge in [-0.3, -0.25) is 9.69 Å². The van der Waals surface area contributed by atoms with Crippen LogP contribution in [0.3, 0.4) is 0 Å². The predicted octanol–water partition coefficient (Wildman–Crippen LogP) is 1.07. The molecule has 1 aliphatic rings. The third kappa shape index (κ3) is 4.11. The Hall–Kier alpha value is -2.25. The van der Waals surface area contributed by atoms with Crippen molar-refractivity contribution < 1.29 is 4.79 Å². The summed E-state index contributed by atoms with van der Waals surface area (Å²) in [4.78, 5) is 19.3. The summed E-state index contributed by atoms with van der Waals surface area (Å²) in [7, 11) is 6.02. The molecular formula is C19H28N6O. The van der Waals surface area contributed by atoms with Crippen LogP contribution in [0.5, 0.6) is 0 Å². The molecule has 1 aliphatic heterocycles. The summed E-state index contributed by atoms with van der Waals surface area (Å²) in [6, 6.07) is 10.4. The van der Waals surface area contributed by atoms with E-state index in [-0.39, 0.29) is 11.9 Å². The van der Waals surface area contributed by atoms with E-state index >= 15 is 0 Å². The third-order valence-corrected chi connectivity index (χ3v) is 5.09. The third-order valence-electron chi connectivity index (χ3n) is 5.09. The molecule has 1 amide bonds. The Morgan fingerprint density at radius 1 is 1.19 bits per heavy atom. The number of benzene rings is 1. The Morgan fingerprint density at radius 3 is 2.58 bits per heavy atom. The van der Waals surface area contributed by atoms with E-state index in [2.05, 4.69) is 34.3 Å². The van der Waals surface area contributed by atoms with Crippen molar-refractivity contribution in [2.75, 3.05) is 40.3 Å². The lowest BCUT2D eigenvalue weighted by Crippen LogP contribution is -2.51. The van der Waals surface area contributed by atoms with Crippen molar-refractivity contribution in [3.05, 3.63) is 47.5 Å². The lowest BCUT2D eigenvalue weighted by atomic mass is 10.0. The lowest BCUT2D eigenvalue weighted by molar-refractivity contribution is -0.137. The lowest BCUT2D eigenvalue weighted by Gasteiger charge is -2.41. The zero-order chi connectivity index (χ0) is 18.7. The Bertz CT molecular complexity index is 744. The molecule has 0 saturated carbocycles. The van der Waals surface area contributed by atoms with Crippen molar-refractivity contribution >= 4 is 5.91 Å². The molecular weight excluding hydrogens is 328 g/mol. The molecule has 7 heteroatoms. The average Bonchev–Trinajstić information content (AvgIpc) is 2.94. The Balaban J connectivity index is 1.67. The molecule has 2 aromatic rings. The number of amides is 1. The van der Waals surface area contributed by atoms with Crippen LogP contribution >= 0.6 is 0 Å². The summed E-state index contributed by atoms with van der Waals surface area (Å²) in [5.41, 5.74) is 1.19. The highest BCUT2D eigenvalue weighted by Gasteiger charge is 2.30. The molecule has 0 spiro atoms. The van der Waals surface area contributed by atoms with Crippen LogP contribution in [0.4, 0.5) is 0 Å². The summed E-state index contributed by atoms with van der Waals surface area (Å²) in [6.45, 7) is 5.43. The maximum Gasteiger partial charge on any atom is 0.237 e. The molecule has 0 radical (unpaired) electrons. The van der Waals surface area contributed by atoms with Gasteiger partial charge in [0.1, 0.15) is 11.6 Å². The summed E-state index contributed by atoms with van der Waals surface area (Å²) in [5.74, 6) is 1.91. The normalized spacial score (nSPS) is 18.5. The Labute approximate surface area is 155 Å². The van der Waals surface area contributed by atoms with Crippen LogP contribution in [0.15, 0.2) is 30.3 Å². The van der Waals surface area contributed by atoms with Gasteiger partial charge in [-0.05, 0) is 26.6 Å². The summed E-state index contributed by atoms with van der Waals surface area (Å²) in [5, 5.41) is 8.27. The number of carbonyl (C=O) groups is 1. The van der Waals surface area contributed by atoms with Gasteiger partial charge in [0.2, 0.25) is 5.91 Å². The van der Waals surface area contributed by atoms with Crippen molar-refractivity contribution in [3.63, 3.8) is 0 Å². The fraction of sp³-hybridized carbons (Fsp3) is 0.526. The van der Waals surface area contributed by atoms with Crippen LogP contribution in [0, 0.1) is 6.92 Å². The summed E-state index contributed by atoms with van der Waals surface area (Å²) in [6.07, 6.45) is 0. The van der Waals surface area contributed by atoms with E-state index in [1.54, 1.807) is 0 Å². The number of piperazine rings is 1. The second-order valence-electron chi connectivity index (χ2n) is 7.17. The summed E-state index contributed by atoms with van der Waals surface area (Å²) < 4.78 is 1.96. The van der Waals surface area contributed by atoms with Gasteiger partial charge in [-0.1, -0.05) is 30.3 Å². The molecule has 7 nitrogen and oxygen atoms in total. The fourth-order valence-electron chi connectivity index (χ4n) is 3.39. The van der Waals surface area contributed by atoms with Crippen molar-refractivity contribution in [2.24, 2.45) is 7.05 Å². The number of nitrogens with zero attached hydrogens (tertiary/aromatic N) is 6. The van der Waals surface area contributed by atoms with Gasteiger partial charge >= 0.3 is 0 Å². The van der Waals surface area contributed by atoms with E-state index in [1.165, 1.54) is 5.56 Å². The maximum atomic E-state index is 13.0. The first-order valence-corrected chi connectivity index (χ1v) is 9.02. The second kappa shape index (κ2) is 7.97. The zero-order valence-corrected chi connectivity index (χ0v) is 16.1. The SMILES string of the molecule is Cc1nnc(CN(C)CC(=O)N2CCN(C)CC2c2ccccc2)n1C. The first kappa shape index (κ1) is 18.5. The Morgan fingerprint density at radius 2 is 1.92 bits per heavy atom. The van der Waals surface area contributed by atoms with Gasteiger partial charge in [-0.15, -0.1) is 10.2 Å². The maximum absolute atomic E-state index is 13.0. The van der Waals surface area contributed by atoms with E-state index in [0.717, 1.165) is 31.3 Å². The van der Waals surface area contributed by atoms with Gasteiger partial charge in [0.25, 0.3) is 0 Å². The van der Waals surface area contributed by atoms with Crippen molar-refractivity contribution in [2.45, 2.75) is 19.5 Å². The number of aromatic nitrogens is 3. The van der Waals surface area contributed by atoms with Crippen LogP contribution in [0.1, 0.15) is 23.3 Å². The van der Waals surface area contributed by atoms with E-state index < -0.39 is 0 Å². The first-order chi connectivity index (χ1) is 12.5. The number of hydrogen-bond donors (Lipinski definition) is 0. The Kier molecular flexibility index (Phi) is 5.68. The number of aryl methyl sites for hydroxylation is 1. The number of likely N-dealkylation sites (N-methyl/N-ethyl adjacent to an activating group) is 2. The highest BCUT2D eigenvalue weighted by molar-refractivity contribution is 5.79. The van der Waals surface area contributed by atoms with Gasteiger partial charge < -0.3 is 14.4 Å².